The number of ketones is 1. The highest BCUT2D eigenvalue weighted by Crippen LogP contribution is 2.31. The molecule has 0 radical (unpaired) electrons. The lowest BCUT2D eigenvalue weighted by Gasteiger charge is -2.23. The zero-order chi connectivity index (χ0) is 20.2. The Kier molecular flexibility index (Phi) is 5.20. The van der Waals surface area contributed by atoms with Gasteiger partial charge in [-0.2, -0.15) is 10.2 Å². The highest BCUT2D eigenvalue weighted by atomic mass is 16.5. The van der Waals surface area contributed by atoms with Crippen molar-refractivity contribution in [3.8, 4) is 5.75 Å². The molecule has 1 unspecified atom stereocenters. The summed E-state index contributed by atoms with van der Waals surface area (Å²) in [4.78, 5) is 25.5. The lowest BCUT2D eigenvalue weighted by molar-refractivity contribution is 0.0966. The number of ether oxygens (including phenoxy) is 1. The van der Waals surface area contributed by atoms with E-state index < -0.39 is 0 Å². The van der Waals surface area contributed by atoms with Gasteiger partial charge in [-0.1, -0.05) is 48.5 Å². The van der Waals surface area contributed by atoms with Crippen LogP contribution in [-0.4, -0.2) is 28.9 Å². The highest BCUT2D eigenvalue weighted by Gasteiger charge is 2.29. The Hall–Kier alpha value is -3.74. The predicted molar refractivity (Wildman–Crippen MR) is 111 cm³/mol. The second-order valence-electron chi connectivity index (χ2n) is 6.63. The van der Waals surface area contributed by atoms with E-state index >= 15 is 0 Å². The largest absolute Gasteiger partial charge is 0.491 e. The average Bonchev–Trinajstić information content (AvgIpc) is 3.25. The van der Waals surface area contributed by atoms with Crippen LogP contribution in [0.4, 0.5) is 5.69 Å². The molecule has 0 aliphatic carbocycles. The van der Waals surface area contributed by atoms with Gasteiger partial charge in [-0.05, 0) is 12.1 Å². The second kappa shape index (κ2) is 8.10. The molecular weight excluding hydrogens is 368 g/mol. The lowest BCUT2D eigenvalue weighted by atomic mass is 10.1. The van der Waals surface area contributed by atoms with E-state index in [1.807, 2.05) is 48.5 Å². The van der Waals surface area contributed by atoms with Gasteiger partial charge in [0.2, 0.25) is 5.43 Å². The Bertz CT molecular complexity index is 1090. The lowest BCUT2D eigenvalue weighted by Crippen LogP contribution is -2.29. The number of para-hydroxylation sites is 1. The second-order valence-corrected chi connectivity index (χ2v) is 6.63. The molecule has 7 nitrogen and oxygen atoms in total. The van der Waals surface area contributed by atoms with E-state index in [4.69, 9.17) is 4.74 Å². The van der Waals surface area contributed by atoms with E-state index in [2.05, 4.69) is 10.2 Å². The van der Waals surface area contributed by atoms with Crippen molar-refractivity contribution in [1.82, 2.24) is 9.78 Å². The van der Waals surface area contributed by atoms with Crippen LogP contribution in [0.5, 0.6) is 5.75 Å². The number of aromatic nitrogens is 2. The first-order valence-electron chi connectivity index (χ1n) is 9.28. The van der Waals surface area contributed by atoms with Gasteiger partial charge in [-0.3, -0.25) is 19.3 Å². The molecule has 1 aliphatic rings. The van der Waals surface area contributed by atoms with Gasteiger partial charge >= 0.3 is 0 Å². The summed E-state index contributed by atoms with van der Waals surface area (Å²) >= 11 is 0. The van der Waals surface area contributed by atoms with Crippen LogP contribution in [0.1, 0.15) is 28.5 Å². The molecule has 7 heteroatoms. The van der Waals surface area contributed by atoms with Gasteiger partial charge in [0.15, 0.2) is 11.5 Å². The minimum atomic E-state index is -0.363. The molecule has 2 aromatic carbocycles. The molecular formula is C22H20N4O3. The standard InChI is InChI=1S/C22H20N4O3/c1-29-20-15-25(14-19(27)16-8-4-2-5-9-16)24-21(22(20)28)18-12-13-23-26(18)17-10-6-3-7-11-17/h2-11,13,15,18H,12,14H2,1H3. The summed E-state index contributed by atoms with van der Waals surface area (Å²) < 4.78 is 6.73. The summed E-state index contributed by atoms with van der Waals surface area (Å²) in [5.41, 5.74) is 1.45. The first-order chi connectivity index (χ1) is 14.2. The van der Waals surface area contributed by atoms with Gasteiger partial charge in [0.25, 0.3) is 0 Å². The van der Waals surface area contributed by atoms with Crippen LogP contribution in [0.15, 0.2) is 76.8 Å². The number of anilines is 1. The van der Waals surface area contributed by atoms with Crippen LogP contribution in [0.2, 0.25) is 0 Å². The van der Waals surface area contributed by atoms with E-state index in [0.29, 0.717) is 17.7 Å². The Labute approximate surface area is 167 Å². The number of nitrogens with zero attached hydrogens (tertiary/aromatic N) is 4. The number of carbonyl (C=O) groups is 1. The third kappa shape index (κ3) is 3.80. The van der Waals surface area contributed by atoms with Crippen molar-refractivity contribution < 1.29 is 9.53 Å². The first-order valence-corrected chi connectivity index (χ1v) is 9.28. The number of benzene rings is 2. The van der Waals surface area contributed by atoms with Crippen LogP contribution >= 0.6 is 0 Å². The quantitative estimate of drug-likeness (QED) is 0.607. The summed E-state index contributed by atoms with van der Waals surface area (Å²) in [5.74, 6) is 0.0492. The molecule has 0 saturated carbocycles. The molecule has 0 saturated heterocycles. The molecule has 0 fully saturated rings. The normalized spacial score (nSPS) is 15.5. The molecule has 146 valence electrons. The van der Waals surface area contributed by atoms with E-state index in [9.17, 15) is 9.59 Å². The van der Waals surface area contributed by atoms with Gasteiger partial charge in [0, 0.05) is 18.2 Å². The number of hydrazone groups is 1. The summed E-state index contributed by atoms with van der Waals surface area (Å²) in [6.45, 7) is 0.00652. The van der Waals surface area contributed by atoms with Crippen LogP contribution in [0.3, 0.4) is 0 Å². The van der Waals surface area contributed by atoms with E-state index in [1.54, 1.807) is 23.4 Å². The van der Waals surface area contributed by atoms with Gasteiger partial charge in [0.1, 0.15) is 18.3 Å². The molecule has 29 heavy (non-hydrogen) atoms. The first kappa shape index (κ1) is 18.6. The predicted octanol–water partition coefficient (Wildman–Crippen LogP) is 3.07. The Morgan fingerprint density at radius 1 is 1.10 bits per heavy atom. The molecule has 2 heterocycles. The van der Waals surface area contributed by atoms with Crippen LogP contribution in [0, 0.1) is 0 Å². The van der Waals surface area contributed by atoms with Crippen molar-refractivity contribution in [2.75, 3.05) is 12.1 Å². The van der Waals surface area contributed by atoms with E-state index in [-0.39, 0.29) is 29.5 Å². The molecule has 1 atom stereocenters. The fraction of sp³-hybridized carbons (Fsp3) is 0.182. The van der Waals surface area contributed by atoms with Crippen LogP contribution in [0.25, 0.3) is 0 Å². The maximum absolute atomic E-state index is 12.9. The molecule has 3 aromatic rings. The Morgan fingerprint density at radius 2 is 1.79 bits per heavy atom. The number of methoxy groups -OCH3 is 1. The number of hydrogen-bond donors (Lipinski definition) is 0. The number of hydrogen-bond acceptors (Lipinski definition) is 6. The summed E-state index contributed by atoms with van der Waals surface area (Å²) in [6.07, 6.45) is 3.77. The van der Waals surface area contributed by atoms with Crippen molar-refractivity contribution >= 4 is 17.7 Å². The fourth-order valence-corrected chi connectivity index (χ4v) is 3.31. The third-order valence-corrected chi connectivity index (χ3v) is 4.75. The number of carbonyl (C=O) groups excluding carboxylic acids is 1. The van der Waals surface area contributed by atoms with Gasteiger partial charge in [-0.25, -0.2) is 0 Å². The summed E-state index contributed by atoms with van der Waals surface area (Å²) in [7, 11) is 1.43. The molecule has 4 rings (SSSR count). The van der Waals surface area contributed by atoms with Gasteiger partial charge in [-0.15, -0.1) is 0 Å². The fourth-order valence-electron chi connectivity index (χ4n) is 3.31. The van der Waals surface area contributed by atoms with Crippen LogP contribution in [-0.2, 0) is 6.54 Å². The monoisotopic (exact) mass is 388 g/mol. The van der Waals surface area contributed by atoms with Crippen molar-refractivity contribution in [2.45, 2.75) is 19.0 Å². The summed E-state index contributed by atoms with van der Waals surface area (Å²) in [6, 6.07) is 18.2. The molecule has 0 amide bonds. The van der Waals surface area contributed by atoms with Crippen molar-refractivity contribution in [1.29, 1.82) is 0 Å². The van der Waals surface area contributed by atoms with Crippen molar-refractivity contribution in [2.24, 2.45) is 5.10 Å². The molecule has 0 bridgehead atoms. The highest BCUT2D eigenvalue weighted by molar-refractivity contribution is 5.95. The topological polar surface area (TPSA) is 76.8 Å². The van der Waals surface area contributed by atoms with Gasteiger partial charge < -0.3 is 4.74 Å². The third-order valence-electron chi connectivity index (χ3n) is 4.75. The zero-order valence-electron chi connectivity index (χ0n) is 15.9. The number of rotatable bonds is 6. The Balaban J connectivity index is 1.69. The molecule has 0 N–H and O–H groups in total. The molecule has 0 spiro atoms. The minimum absolute atomic E-state index is 0.00652. The minimum Gasteiger partial charge on any atom is -0.491 e. The van der Waals surface area contributed by atoms with Gasteiger partial charge in [0.05, 0.1) is 19.0 Å². The van der Waals surface area contributed by atoms with E-state index in [0.717, 1.165) is 5.69 Å². The van der Waals surface area contributed by atoms with Crippen molar-refractivity contribution in [3.63, 3.8) is 0 Å². The smallest absolute Gasteiger partial charge is 0.247 e. The molecule has 1 aliphatic heterocycles. The van der Waals surface area contributed by atoms with E-state index in [1.165, 1.54) is 18.0 Å². The summed E-state index contributed by atoms with van der Waals surface area (Å²) in [5, 5.41) is 10.7. The molecule has 1 aromatic heterocycles. The Morgan fingerprint density at radius 3 is 2.48 bits per heavy atom. The zero-order valence-corrected chi connectivity index (χ0v) is 15.9. The van der Waals surface area contributed by atoms with Crippen LogP contribution < -0.4 is 15.2 Å². The maximum atomic E-state index is 12.9. The maximum Gasteiger partial charge on any atom is 0.247 e. The SMILES string of the molecule is COc1cn(CC(=O)c2ccccc2)nc(C2CC=NN2c2ccccc2)c1=O. The number of Topliss-reactive ketones (excluding diaryl/α,β-unsaturated/α-hetero) is 1. The average molecular weight is 388 g/mol. The van der Waals surface area contributed by atoms with Crippen molar-refractivity contribution in [3.05, 3.63) is 88.3 Å².